The van der Waals surface area contributed by atoms with Gasteiger partial charge in [0.15, 0.2) is 17.6 Å². The first kappa shape index (κ1) is 16.4. The summed E-state index contributed by atoms with van der Waals surface area (Å²) in [5, 5.41) is 7.80. The number of benzene rings is 2. The molecule has 1 atom stereocenters. The number of aromatic amines is 1. The molecule has 4 rings (SSSR count). The maximum atomic E-state index is 13.2. The second kappa shape index (κ2) is 7.07. The molecule has 6 nitrogen and oxygen atoms in total. The van der Waals surface area contributed by atoms with Crippen molar-refractivity contribution in [2.24, 2.45) is 0 Å². The lowest BCUT2D eigenvalue weighted by atomic mass is 10.1. The third-order valence-corrected chi connectivity index (χ3v) is 4.49. The predicted molar refractivity (Wildman–Crippen MR) is 98.6 cm³/mol. The smallest absolute Gasteiger partial charge is 0.254 e. The summed E-state index contributed by atoms with van der Waals surface area (Å²) >= 11 is 0. The van der Waals surface area contributed by atoms with Crippen molar-refractivity contribution >= 4 is 16.8 Å². The Kier molecular flexibility index (Phi) is 4.48. The number of nitrogens with one attached hydrogen (secondary N) is 1. The van der Waals surface area contributed by atoms with Gasteiger partial charge in [-0.1, -0.05) is 25.1 Å². The summed E-state index contributed by atoms with van der Waals surface area (Å²) in [6.07, 6.45) is 2.38. The zero-order valence-corrected chi connectivity index (χ0v) is 14.6. The van der Waals surface area contributed by atoms with Crippen LogP contribution in [0.15, 0.2) is 48.7 Å². The summed E-state index contributed by atoms with van der Waals surface area (Å²) in [5.74, 6) is 1.46. The highest BCUT2D eigenvalue weighted by Gasteiger charge is 2.26. The van der Waals surface area contributed by atoms with Crippen molar-refractivity contribution in [3.63, 3.8) is 0 Å². The molecule has 0 saturated carbocycles. The Hall–Kier alpha value is -3.02. The van der Waals surface area contributed by atoms with E-state index in [1.165, 1.54) is 0 Å². The van der Waals surface area contributed by atoms with Gasteiger partial charge in [0.05, 0.1) is 23.8 Å². The van der Waals surface area contributed by atoms with Crippen LogP contribution in [0.2, 0.25) is 0 Å². The van der Waals surface area contributed by atoms with Crippen LogP contribution in [-0.2, 0) is 0 Å². The van der Waals surface area contributed by atoms with Crippen LogP contribution in [0.5, 0.6) is 11.5 Å². The standard InChI is InChI=1S/C20H21N3O3/c1-2-10-23(12-14-13-25-18-8-3-4-9-19(18)26-14)20(24)15-6-5-7-17-16(15)11-21-22-17/h3-9,11,14H,2,10,12-13H2,1H3,(H,21,22). The second-order valence-electron chi connectivity index (χ2n) is 6.39. The Labute approximate surface area is 151 Å². The van der Waals surface area contributed by atoms with E-state index in [1.807, 2.05) is 47.4 Å². The third kappa shape index (κ3) is 3.10. The quantitative estimate of drug-likeness (QED) is 0.766. The van der Waals surface area contributed by atoms with Crippen LogP contribution in [0.25, 0.3) is 10.9 Å². The minimum Gasteiger partial charge on any atom is -0.486 e. The van der Waals surface area contributed by atoms with Crippen LogP contribution in [0.4, 0.5) is 0 Å². The van der Waals surface area contributed by atoms with E-state index in [1.54, 1.807) is 6.20 Å². The van der Waals surface area contributed by atoms with Gasteiger partial charge in [-0.05, 0) is 30.7 Å². The summed E-state index contributed by atoms with van der Waals surface area (Å²) in [7, 11) is 0. The Morgan fingerprint density at radius 1 is 1.23 bits per heavy atom. The highest BCUT2D eigenvalue weighted by atomic mass is 16.6. The van der Waals surface area contributed by atoms with Gasteiger partial charge in [-0.3, -0.25) is 9.89 Å². The van der Waals surface area contributed by atoms with Gasteiger partial charge >= 0.3 is 0 Å². The zero-order chi connectivity index (χ0) is 17.9. The van der Waals surface area contributed by atoms with Crippen molar-refractivity contribution in [2.45, 2.75) is 19.4 Å². The first-order valence-electron chi connectivity index (χ1n) is 8.86. The topological polar surface area (TPSA) is 67.5 Å². The number of aromatic nitrogens is 2. The molecule has 1 amide bonds. The minimum atomic E-state index is -0.191. The van der Waals surface area contributed by atoms with Crippen molar-refractivity contribution in [1.29, 1.82) is 0 Å². The summed E-state index contributed by atoms with van der Waals surface area (Å²) in [5.41, 5.74) is 1.51. The molecule has 0 fully saturated rings. The molecule has 2 aromatic carbocycles. The number of para-hydroxylation sites is 2. The molecule has 0 bridgehead atoms. The largest absolute Gasteiger partial charge is 0.486 e. The van der Waals surface area contributed by atoms with E-state index in [0.717, 1.165) is 28.8 Å². The molecular formula is C20H21N3O3. The lowest BCUT2D eigenvalue weighted by molar-refractivity contribution is 0.0464. The number of amides is 1. The van der Waals surface area contributed by atoms with Gasteiger partial charge in [-0.15, -0.1) is 0 Å². The highest BCUT2D eigenvalue weighted by Crippen LogP contribution is 2.31. The van der Waals surface area contributed by atoms with Crippen molar-refractivity contribution in [1.82, 2.24) is 15.1 Å². The first-order valence-corrected chi connectivity index (χ1v) is 8.86. The molecule has 0 aliphatic carbocycles. The molecule has 0 spiro atoms. The average Bonchev–Trinajstić information content (AvgIpc) is 3.16. The number of ether oxygens (including phenoxy) is 2. The first-order chi connectivity index (χ1) is 12.8. The lowest BCUT2D eigenvalue weighted by Gasteiger charge is -2.31. The number of carbonyl (C=O) groups is 1. The monoisotopic (exact) mass is 351 g/mol. The van der Waals surface area contributed by atoms with Gasteiger partial charge in [0, 0.05) is 11.9 Å². The summed E-state index contributed by atoms with van der Waals surface area (Å²) in [6, 6.07) is 13.2. The fourth-order valence-electron chi connectivity index (χ4n) is 3.27. The second-order valence-corrected chi connectivity index (χ2v) is 6.39. The van der Waals surface area contributed by atoms with Crippen LogP contribution in [0.1, 0.15) is 23.7 Å². The molecule has 0 radical (unpaired) electrons. The molecule has 1 aromatic heterocycles. The molecule has 0 saturated heterocycles. The van der Waals surface area contributed by atoms with E-state index in [4.69, 9.17) is 9.47 Å². The SMILES string of the molecule is CCCN(CC1COc2ccccc2O1)C(=O)c1cccc2[nH]ncc12. The zero-order valence-electron chi connectivity index (χ0n) is 14.6. The van der Waals surface area contributed by atoms with Crippen LogP contribution >= 0.6 is 0 Å². The van der Waals surface area contributed by atoms with E-state index >= 15 is 0 Å². The van der Waals surface area contributed by atoms with Crippen LogP contribution in [0.3, 0.4) is 0 Å². The van der Waals surface area contributed by atoms with E-state index in [0.29, 0.717) is 25.3 Å². The van der Waals surface area contributed by atoms with E-state index in [-0.39, 0.29) is 12.0 Å². The van der Waals surface area contributed by atoms with Gasteiger partial charge in [-0.2, -0.15) is 5.10 Å². The predicted octanol–water partition coefficient (Wildman–Crippen LogP) is 3.26. The Balaban J connectivity index is 1.54. The number of nitrogens with zero attached hydrogens (tertiary/aromatic N) is 2. The number of H-pyrrole nitrogens is 1. The maximum absolute atomic E-state index is 13.2. The lowest BCUT2D eigenvalue weighted by Crippen LogP contribution is -2.44. The fraction of sp³-hybridized carbons (Fsp3) is 0.300. The average molecular weight is 351 g/mol. The molecule has 3 aromatic rings. The molecule has 6 heteroatoms. The van der Waals surface area contributed by atoms with Crippen molar-refractivity contribution in [3.05, 3.63) is 54.2 Å². The van der Waals surface area contributed by atoms with Crippen LogP contribution in [0, 0.1) is 0 Å². The van der Waals surface area contributed by atoms with Crippen LogP contribution in [-0.4, -0.2) is 46.8 Å². The van der Waals surface area contributed by atoms with Gasteiger partial charge < -0.3 is 14.4 Å². The summed E-state index contributed by atoms with van der Waals surface area (Å²) in [4.78, 5) is 15.0. The van der Waals surface area contributed by atoms with Crippen molar-refractivity contribution in [2.75, 3.05) is 19.7 Å². The van der Waals surface area contributed by atoms with Gasteiger partial charge in [0.2, 0.25) is 0 Å². The van der Waals surface area contributed by atoms with Gasteiger partial charge in [0.1, 0.15) is 6.61 Å². The van der Waals surface area contributed by atoms with Gasteiger partial charge in [0.25, 0.3) is 5.91 Å². The van der Waals surface area contributed by atoms with Gasteiger partial charge in [-0.25, -0.2) is 0 Å². The molecule has 1 N–H and O–H groups in total. The van der Waals surface area contributed by atoms with Crippen molar-refractivity contribution in [3.8, 4) is 11.5 Å². The molecular weight excluding hydrogens is 330 g/mol. The van der Waals surface area contributed by atoms with Crippen LogP contribution < -0.4 is 9.47 Å². The number of hydrogen-bond acceptors (Lipinski definition) is 4. The number of hydrogen-bond donors (Lipinski definition) is 1. The maximum Gasteiger partial charge on any atom is 0.254 e. The number of rotatable bonds is 5. The number of fused-ring (bicyclic) bond motifs is 2. The van der Waals surface area contributed by atoms with Crippen molar-refractivity contribution < 1.29 is 14.3 Å². The fourth-order valence-corrected chi connectivity index (χ4v) is 3.27. The Bertz CT molecular complexity index is 921. The van der Waals surface area contributed by atoms with E-state index in [9.17, 15) is 4.79 Å². The molecule has 26 heavy (non-hydrogen) atoms. The summed E-state index contributed by atoms with van der Waals surface area (Å²) in [6.45, 7) is 3.64. The molecule has 134 valence electrons. The normalized spacial score (nSPS) is 15.8. The highest BCUT2D eigenvalue weighted by molar-refractivity contribution is 6.06. The molecule has 1 aliphatic heterocycles. The van der Waals surface area contributed by atoms with E-state index in [2.05, 4.69) is 17.1 Å². The molecule has 1 unspecified atom stereocenters. The third-order valence-electron chi connectivity index (χ3n) is 4.49. The molecule has 2 heterocycles. The molecule has 1 aliphatic rings. The Morgan fingerprint density at radius 2 is 2.08 bits per heavy atom. The van der Waals surface area contributed by atoms with E-state index < -0.39 is 0 Å². The minimum absolute atomic E-state index is 0.0127. The Morgan fingerprint density at radius 3 is 2.92 bits per heavy atom. The summed E-state index contributed by atoms with van der Waals surface area (Å²) < 4.78 is 11.8. The number of carbonyl (C=O) groups excluding carboxylic acids is 1.